The smallest absolute Gasteiger partial charge is 0.417 e. The number of aromatic nitrogens is 2. The van der Waals surface area contributed by atoms with Crippen molar-refractivity contribution >= 4 is 0 Å². The van der Waals surface area contributed by atoms with Crippen LogP contribution in [0.15, 0.2) is 53.1 Å². The number of aliphatic hydroxyl groups is 1. The Morgan fingerprint density at radius 1 is 1.13 bits per heavy atom. The summed E-state index contributed by atoms with van der Waals surface area (Å²) >= 11 is 0. The van der Waals surface area contributed by atoms with Crippen molar-refractivity contribution in [3.05, 3.63) is 76.9 Å². The Labute approximate surface area is 220 Å². The lowest BCUT2D eigenvalue weighted by Crippen LogP contribution is -2.56. The monoisotopic (exact) mass is 529 g/mol. The lowest BCUT2D eigenvalue weighted by molar-refractivity contribution is -0.279. The standard InChI is InChI=1S/C29H34F3N3O3/c1-35(2)15-12-26-33-25(34-38-26)19-37-23-10-11-24-21(16-23)8-9-22-18-28(36,29(30,31)32)14-13-27(22,24)17-20-6-4-3-5-7-20/h3-7,10-11,16,22,36H,8-9,12-15,17-19H2,1-2H3/t22-,27+,28-/m1/s1. The zero-order chi connectivity index (χ0) is 27.0. The molecule has 2 aliphatic carbocycles. The van der Waals surface area contributed by atoms with Crippen LogP contribution in [0.4, 0.5) is 13.2 Å². The Hall–Kier alpha value is -2.91. The van der Waals surface area contributed by atoms with E-state index >= 15 is 0 Å². The van der Waals surface area contributed by atoms with Gasteiger partial charge in [-0.25, -0.2) is 0 Å². The molecule has 0 saturated heterocycles. The maximum Gasteiger partial charge on any atom is 0.417 e. The number of halogens is 3. The van der Waals surface area contributed by atoms with Crippen molar-refractivity contribution in [2.45, 2.75) is 68.7 Å². The molecule has 9 heteroatoms. The number of fused-ring (bicyclic) bond motifs is 3. The van der Waals surface area contributed by atoms with Crippen LogP contribution in [0.25, 0.3) is 0 Å². The predicted octanol–water partition coefficient (Wildman–Crippen LogP) is 5.27. The van der Waals surface area contributed by atoms with Crippen LogP contribution in [0.2, 0.25) is 0 Å². The van der Waals surface area contributed by atoms with Crippen molar-refractivity contribution in [3.8, 4) is 5.75 Å². The lowest BCUT2D eigenvalue weighted by Gasteiger charge is -2.53. The van der Waals surface area contributed by atoms with E-state index in [1.807, 2.05) is 67.5 Å². The SMILES string of the molecule is CN(C)CCc1nc(COc2ccc3c(c2)CC[C@@H]2C[C@@](O)(C(F)(F)F)CC[C@@]32Cc2ccccc2)no1. The first-order valence-electron chi connectivity index (χ1n) is 13.1. The molecule has 6 nitrogen and oxygen atoms in total. The van der Waals surface area contributed by atoms with Gasteiger partial charge in [-0.1, -0.05) is 41.6 Å². The van der Waals surface area contributed by atoms with E-state index in [1.165, 1.54) is 0 Å². The van der Waals surface area contributed by atoms with Crippen molar-refractivity contribution in [2.24, 2.45) is 5.92 Å². The number of hydrogen-bond acceptors (Lipinski definition) is 6. The summed E-state index contributed by atoms with van der Waals surface area (Å²) in [4.78, 5) is 6.43. The van der Waals surface area contributed by atoms with E-state index in [0.717, 1.165) is 23.2 Å². The average Bonchev–Trinajstić information content (AvgIpc) is 3.34. The van der Waals surface area contributed by atoms with Crippen LogP contribution in [0.1, 0.15) is 54.1 Å². The van der Waals surface area contributed by atoms with Crippen LogP contribution in [0, 0.1) is 5.92 Å². The summed E-state index contributed by atoms with van der Waals surface area (Å²) in [5.74, 6) is 1.42. The molecule has 1 fully saturated rings. The van der Waals surface area contributed by atoms with Crippen LogP contribution >= 0.6 is 0 Å². The van der Waals surface area contributed by atoms with Gasteiger partial charge in [-0.3, -0.25) is 0 Å². The molecule has 0 spiro atoms. The molecule has 1 saturated carbocycles. The molecule has 0 radical (unpaired) electrons. The first-order valence-corrected chi connectivity index (χ1v) is 13.1. The normalized spacial score (nSPS) is 25.2. The van der Waals surface area contributed by atoms with E-state index in [4.69, 9.17) is 9.26 Å². The zero-order valence-corrected chi connectivity index (χ0v) is 21.8. The molecule has 38 heavy (non-hydrogen) atoms. The summed E-state index contributed by atoms with van der Waals surface area (Å²) < 4.78 is 52.7. The third-order valence-corrected chi connectivity index (χ3v) is 8.27. The van der Waals surface area contributed by atoms with E-state index in [0.29, 0.717) is 43.1 Å². The third kappa shape index (κ3) is 5.31. The van der Waals surface area contributed by atoms with E-state index in [9.17, 15) is 18.3 Å². The number of aryl methyl sites for hydroxylation is 1. The van der Waals surface area contributed by atoms with Crippen molar-refractivity contribution in [1.29, 1.82) is 0 Å². The van der Waals surface area contributed by atoms with Gasteiger partial charge in [-0.05, 0) is 87.4 Å². The summed E-state index contributed by atoms with van der Waals surface area (Å²) in [6, 6.07) is 15.8. The van der Waals surface area contributed by atoms with Gasteiger partial charge >= 0.3 is 6.18 Å². The number of rotatable bonds is 8. The summed E-state index contributed by atoms with van der Waals surface area (Å²) in [7, 11) is 3.96. The Bertz CT molecular complexity index is 1250. The fraction of sp³-hybridized carbons (Fsp3) is 0.517. The number of alkyl halides is 3. The third-order valence-electron chi connectivity index (χ3n) is 8.27. The van der Waals surface area contributed by atoms with Crippen LogP contribution in [-0.2, 0) is 31.3 Å². The number of likely N-dealkylation sites (N-methyl/N-ethyl adjacent to an activating group) is 1. The highest BCUT2D eigenvalue weighted by atomic mass is 19.4. The summed E-state index contributed by atoms with van der Waals surface area (Å²) in [6.45, 7) is 0.972. The van der Waals surface area contributed by atoms with Crippen molar-refractivity contribution in [1.82, 2.24) is 15.0 Å². The number of ether oxygens (including phenoxy) is 1. The summed E-state index contributed by atoms with van der Waals surface area (Å²) in [5, 5.41) is 14.6. The zero-order valence-electron chi connectivity index (χ0n) is 21.8. The minimum absolute atomic E-state index is 0.167. The average molecular weight is 530 g/mol. The quantitative estimate of drug-likeness (QED) is 0.429. The second kappa shape index (κ2) is 10.3. The molecule has 1 aromatic heterocycles. The molecule has 3 aromatic rings. The largest absolute Gasteiger partial charge is 0.485 e. The molecule has 0 aliphatic heterocycles. The van der Waals surface area contributed by atoms with Crippen molar-refractivity contribution in [2.75, 3.05) is 20.6 Å². The summed E-state index contributed by atoms with van der Waals surface area (Å²) in [6.07, 6.45) is -2.41. The Balaban J connectivity index is 1.38. The first kappa shape index (κ1) is 26.7. The maximum atomic E-state index is 13.8. The van der Waals surface area contributed by atoms with Gasteiger partial charge in [0.1, 0.15) is 5.75 Å². The minimum Gasteiger partial charge on any atom is -0.485 e. The highest BCUT2D eigenvalue weighted by Gasteiger charge is 2.61. The highest BCUT2D eigenvalue weighted by molar-refractivity contribution is 5.45. The molecule has 2 aromatic carbocycles. The first-order chi connectivity index (χ1) is 18.1. The molecule has 1 N–H and O–H groups in total. The fourth-order valence-corrected chi connectivity index (χ4v) is 6.22. The second-order valence-electron chi connectivity index (χ2n) is 11.1. The minimum atomic E-state index is -4.63. The van der Waals surface area contributed by atoms with E-state index in [-0.39, 0.29) is 31.8 Å². The van der Waals surface area contributed by atoms with Crippen LogP contribution in [0.3, 0.4) is 0 Å². The molecule has 2 aliphatic rings. The van der Waals surface area contributed by atoms with Gasteiger partial charge in [0.25, 0.3) is 0 Å². The van der Waals surface area contributed by atoms with E-state index in [2.05, 4.69) is 10.1 Å². The number of benzene rings is 2. The Morgan fingerprint density at radius 2 is 1.92 bits per heavy atom. The molecule has 204 valence electrons. The molecular formula is C29H34F3N3O3. The molecule has 3 atom stereocenters. The Morgan fingerprint density at radius 3 is 2.66 bits per heavy atom. The van der Waals surface area contributed by atoms with Crippen LogP contribution < -0.4 is 4.74 Å². The van der Waals surface area contributed by atoms with Crippen LogP contribution in [-0.4, -0.2) is 52.6 Å². The van der Waals surface area contributed by atoms with Gasteiger partial charge in [0, 0.05) is 18.4 Å². The highest BCUT2D eigenvalue weighted by Crippen LogP contribution is 2.57. The van der Waals surface area contributed by atoms with Gasteiger partial charge in [0.15, 0.2) is 12.2 Å². The van der Waals surface area contributed by atoms with E-state index in [1.54, 1.807) is 0 Å². The van der Waals surface area contributed by atoms with Gasteiger partial charge < -0.3 is 19.3 Å². The molecule has 5 rings (SSSR count). The maximum absolute atomic E-state index is 13.8. The molecular weight excluding hydrogens is 495 g/mol. The summed E-state index contributed by atoms with van der Waals surface area (Å²) in [5.41, 5.74) is 0.144. The van der Waals surface area contributed by atoms with Gasteiger partial charge in [0.2, 0.25) is 11.7 Å². The molecule has 0 amide bonds. The molecule has 0 bridgehead atoms. The Kier molecular flexibility index (Phi) is 7.26. The second-order valence-corrected chi connectivity index (χ2v) is 11.1. The van der Waals surface area contributed by atoms with Gasteiger partial charge in [-0.15, -0.1) is 0 Å². The van der Waals surface area contributed by atoms with Crippen molar-refractivity contribution < 1.29 is 27.5 Å². The topological polar surface area (TPSA) is 71.6 Å². The predicted molar refractivity (Wildman–Crippen MR) is 136 cm³/mol. The lowest BCUT2D eigenvalue weighted by atomic mass is 9.52. The van der Waals surface area contributed by atoms with Gasteiger partial charge in [-0.2, -0.15) is 18.2 Å². The van der Waals surface area contributed by atoms with Crippen LogP contribution in [0.5, 0.6) is 5.75 Å². The number of nitrogens with zero attached hydrogens (tertiary/aromatic N) is 3. The van der Waals surface area contributed by atoms with Crippen molar-refractivity contribution in [3.63, 3.8) is 0 Å². The van der Waals surface area contributed by atoms with E-state index < -0.39 is 17.2 Å². The fourth-order valence-electron chi connectivity index (χ4n) is 6.22. The molecule has 1 heterocycles. The van der Waals surface area contributed by atoms with Gasteiger partial charge in [0.05, 0.1) is 0 Å². The molecule has 0 unspecified atom stereocenters. The number of hydrogen-bond donors (Lipinski definition) is 1.